The van der Waals surface area contributed by atoms with Crippen molar-refractivity contribution in [1.29, 1.82) is 0 Å². The van der Waals surface area contributed by atoms with Gasteiger partial charge >= 0.3 is 5.69 Å². The smallest absolute Gasteiger partial charge is 0.328 e. The Bertz CT molecular complexity index is 850. The van der Waals surface area contributed by atoms with Crippen LogP contribution in [0.4, 0.5) is 0 Å². The average molecular weight is 329 g/mol. The van der Waals surface area contributed by atoms with Crippen LogP contribution in [-0.2, 0) is 7.05 Å². The van der Waals surface area contributed by atoms with Crippen molar-refractivity contribution in [3.8, 4) is 0 Å². The number of carbonyl (C=O) groups is 1. The van der Waals surface area contributed by atoms with Crippen LogP contribution in [0.25, 0.3) is 0 Å². The molecule has 1 heterocycles. The number of benzene rings is 1. The van der Waals surface area contributed by atoms with Crippen LogP contribution in [0, 0.1) is 5.92 Å². The van der Waals surface area contributed by atoms with Crippen LogP contribution in [0.2, 0.25) is 0 Å². The molecule has 7 nitrogen and oxygen atoms in total. The summed E-state index contributed by atoms with van der Waals surface area (Å²) in [6.07, 6.45) is 2.08. The van der Waals surface area contributed by atoms with Crippen LogP contribution in [0.5, 0.6) is 0 Å². The van der Waals surface area contributed by atoms with Crippen LogP contribution in [-0.4, -0.2) is 26.7 Å². The monoisotopic (exact) mass is 329 g/mol. The molecule has 1 aromatic carbocycles. The predicted octanol–water partition coefficient (Wildman–Crippen LogP) is 0.316. The van der Waals surface area contributed by atoms with Crippen LogP contribution >= 0.6 is 0 Å². The van der Waals surface area contributed by atoms with Gasteiger partial charge in [-0.15, -0.1) is 0 Å². The number of aliphatic hydroxyl groups excluding tert-OH is 1. The topological polar surface area (TPSA) is 104 Å². The number of carbonyl (C=O) groups excluding carboxylic acids is 1. The van der Waals surface area contributed by atoms with Gasteiger partial charge in [-0.1, -0.05) is 30.3 Å². The van der Waals surface area contributed by atoms with Crippen LogP contribution in [0.15, 0.2) is 46.1 Å². The van der Waals surface area contributed by atoms with E-state index in [1.54, 1.807) is 0 Å². The van der Waals surface area contributed by atoms with E-state index < -0.39 is 17.2 Å². The Labute approximate surface area is 138 Å². The lowest BCUT2D eigenvalue weighted by molar-refractivity contribution is 0.0235. The van der Waals surface area contributed by atoms with E-state index in [-0.39, 0.29) is 23.6 Å². The minimum absolute atomic E-state index is 0.109. The maximum atomic E-state index is 12.5. The summed E-state index contributed by atoms with van der Waals surface area (Å²) < 4.78 is 1.15. The Morgan fingerprint density at radius 2 is 1.96 bits per heavy atom. The summed E-state index contributed by atoms with van der Waals surface area (Å²) in [5, 5.41) is 12.4. The molecule has 1 aliphatic carbocycles. The first-order valence-corrected chi connectivity index (χ1v) is 7.79. The zero-order valence-electron chi connectivity index (χ0n) is 13.2. The summed E-state index contributed by atoms with van der Waals surface area (Å²) in [5.41, 5.74) is -0.476. The third kappa shape index (κ3) is 3.16. The summed E-state index contributed by atoms with van der Waals surface area (Å²) >= 11 is 0. The number of aliphatic hydroxyl groups is 1. The number of hydrogen-bond donors (Lipinski definition) is 3. The van der Waals surface area contributed by atoms with Crippen LogP contribution in [0.3, 0.4) is 0 Å². The molecule has 0 radical (unpaired) electrons. The first-order chi connectivity index (χ1) is 11.5. The number of amides is 1. The van der Waals surface area contributed by atoms with Gasteiger partial charge < -0.3 is 15.0 Å². The van der Waals surface area contributed by atoms with Gasteiger partial charge in [-0.2, -0.15) is 0 Å². The van der Waals surface area contributed by atoms with Crippen molar-refractivity contribution in [1.82, 2.24) is 14.9 Å². The lowest BCUT2D eigenvalue weighted by Gasteiger charge is -2.38. The third-order valence-electron chi connectivity index (χ3n) is 4.42. The maximum absolute atomic E-state index is 12.5. The Kier molecular flexibility index (Phi) is 4.35. The highest BCUT2D eigenvalue weighted by Gasteiger charge is 2.36. The molecule has 1 atom stereocenters. The summed E-state index contributed by atoms with van der Waals surface area (Å²) in [6.45, 7) is 0. The van der Waals surface area contributed by atoms with Crippen molar-refractivity contribution >= 4 is 5.91 Å². The van der Waals surface area contributed by atoms with E-state index in [2.05, 4.69) is 10.3 Å². The van der Waals surface area contributed by atoms with Crippen molar-refractivity contribution in [2.75, 3.05) is 0 Å². The van der Waals surface area contributed by atoms with Crippen molar-refractivity contribution in [3.05, 3.63) is 68.5 Å². The Balaban J connectivity index is 1.88. The minimum atomic E-state index is -0.712. The van der Waals surface area contributed by atoms with Crippen molar-refractivity contribution in [3.63, 3.8) is 0 Å². The summed E-state index contributed by atoms with van der Waals surface area (Å²) in [4.78, 5) is 37.9. The summed E-state index contributed by atoms with van der Waals surface area (Å²) in [7, 11) is 1.46. The highest BCUT2D eigenvalue weighted by Crippen LogP contribution is 2.38. The Morgan fingerprint density at radius 3 is 2.58 bits per heavy atom. The van der Waals surface area contributed by atoms with Crippen molar-refractivity contribution in [2.45, 2.75) is 25.0 Å². The average Bonchev–Trinajstić information content (AvgIpc) is 2.54. The number of nitrogens with one attached hydrogen (secondary N) is 2. The van der Waals surface area contributed by atoms with Crippen molar-refractivity contribution < 1.29 is 9.90 Å². The highest BCUT2D eigenvalue weighted by molar-refractivity contribution is 5.93. The molecule has 0 spiro atoms. The molecule has 1 fully saturated rings. The molecule has 0 bridgehead atoms. The number of aromatic nitrogens is 2. The quantitative estimate of drug-likeness (QED) is 0.751. The fourth-order valence-electron chi connectivity index (χ4n) is 2.98. The lowest BCUT2D eigenvalue weighted by atomic mass is 9.75. The summed E-state index contributed by atoms with van der Waals surface area (Å²) in [5.74, 6) is -0.431. The molecule has 1 saturated carbocycles. The standard InChI is InChI=1S/C17H19N3O4/c1-20-9-13(16(23)19-17(20)24)15(22)18-14(11-7-12(21)8-11)10-5-3-2-4-6-10/h2-6,9,11-12,14,21H,7-8H2,1H3,(H,18,22)(H,19,23,24)/t11?,12?,14-/m0/s1. The van der Waals surface area contributed by atoms with Gasteiger partial charge in [0.05, 0.1) is 12.1 Å². The fraction of sp³-hybridized carbons (Fsp3) is 0.353. The first kappa shape index (κ1) is 16.2. The van der Waals surface area contributed by atoms with Gasteiger partial charge in [-0.25, -0.2) is 4.79 Å². The predicted molar refractivity (Wildman–Crippen MR) is 87.7 cm³/mol. The van der Waals surface area contributed by atoms with Crippen LogP contribution in [0.1, 0.15) is 34.8 Å². The Morgan fingerprint density at radius 1 is 1.29 bits per heavy atom. The molecular formula is C17H19N3O4. The molecule has 2 aromatic rings. The zero-order valence-corrected chi connectivity index (χ0v) is 13.2. The first-order valence-electron chi connectivity index (χ1n) is 7.79. The van der Waals surface area contributed by atoms with Gasteiger partial charge in [0.1, 0.15) is 5.56 Å². The molecule has 24 heavy (non-hydrogen) atoms. The second-order valence-electron chi connectivity index (χ2n) is 6.16. The fourth-order valence-corrected chi connectivity index (χ4v) is 2.98. The lowest BCUT2D eigenvalue weighted by Crippen LogP contribution is -2.43. The number of rotatable bonds is 4. The molecule has 1 aliphatic rings. The van der Waals surface area contributed by atoms with Crippen LogP contribution < -0.4 is 16.6 Å². The largest absolute Gasteiger partial charge is 0.393 e. The second kappa shape index (κ2) is 6.45. The van der Waals surface area contributed by atoms with E-state index in [0.29, 0.717) is 12.8 Å². The molecule has 3 rings (SSSR count). The summed E-state index contributed by atoms with van der Waals surface area (Å²) in [6, 6.07) is 9.15. The molecule has 7 heteroatoms. The Hall–Kier alpha value is -2.67. The van der Waals surface area contributed by atoms with Crippen molar-refractivity contribution in [2.24, 2.45) is 13.0 Å². The number of H-pyrrole nitrogens is 1. The normalized spacial score (nSPS) is 20.9. The maximum Gasteiger partial charge on any atom is 0.328 e. The molecule has 1 aromatic heterocycles. The molecular weight excluding hydrogens is 310 g/mol. The molecule has 0 saturated heterocycles. The van der Waals surface area contributed by atoms with E-state index in [9.17, 15) is 19.5 Å². The van der Waals surface area contributed by atoms with E-state index in [0.717, 1.165) is 10.1 Å². The highest BCUT2D eigenvalue weighted by atomic mass is 16.3. The number of nitrogens with zero attached hydrogens (tertiary/aromatic N) is 1. The SMILES string of the molecule is Cn1cc(C(=O)N[C@@H](c2ccccc2)C2CC(O)C2)c(=O)[nH]c1=O. The second-order valence-corrected chi connectivity index (χ2v) is 6.16. The van der Waals surface area contributed by atoms with Gasteiger partial charge in [0.2, 0.25) is 0 Å². The van der Waals surface area contributed by atoms with Gasteiger partial charge in [0.25, 0.3) is 11.5 Å². The van der Waals surface area contributed by atoms with E-state index in [1.807, 2.05) is 30.3 Å². The molecule has 1 amide bonds. The molecule has 126 valence electrons. The molecule has 0 aliphatic heterocycles. The van der Waals surface area contributed by atoms with Gasteiger partial charge in [0, 0.05) is 13.2 Å². The number of aromatic amines is 1. The molecule has 3 N–H and O–H groups in total. The third-order valence-corrected chi connectivity index (χ3v) is 4.42. The minimum Gasteiger partial charge on any atom is -0.393 e. The van der Waals surface area contributed by atoms with Gasteiger partial charge in [-0.3, -0.25) is 14.6 Å². The van der Waals surface area contributed by atoms with E-state index >= 15 is 0 Å². The van der Waals surface area contributed by atoms with E-state index in [1.165, 1.54) is 13.2 Å². The van der Waals surface area contributed by atoms with Gasteiger partial charge in [-0.05, 0) is 24.3 Å². The molecule has 0 unspecified atom stereocenters. The van der Waals surface area contributed by atoms with Gasteiger partial charge in [0.15, 0.2) is 0 Å². The zero-order chi connectivity index (χ0) is 17.3. The number of aryl methyl sites for hydroxylation is 1. The number of hydrogen-bond acceptors (Lipinski definition) is 4. The van der Waals surface area contributed by atoms with E-state index in [4.69, 9.17) is 0 Å².